The van der Waals surface area contributed by atoms with E-state index in [2.05, 4.69) is 6.58 Å². The fraction of sp³-hybridized carbons (Fsp3) is 0.440. The highest BCUT2D eigenvalue weighted by atomic mass is 35.5. The van der Waals surface area contributed by atoms with Crippen molar-refractivity contribution in [3.8, 4) is 11.5 Å². The summed E-state index contributed by atoms with van der Waals surface area (Å²) in [5.74, 6) is 1.33. The summed E-state index contributed by atoms with van der Waals surface area (Å²) in [5.41, 5.74) is 0.952. The molecule has 4 aliphatic carbocycles. The second-order valence-electron chi connectivity index (χ2n) is 9.66. The van der Waals surface area contributed by atoms with Crippen molar-refractivity contribution >= 4 is 19.4 Å². The minimum absolute atomic E-state index is 0.138. The molecule has 6 nitrogen and oxygen atoms in total. The summed E-state index contributed by atoms with van der Waals surface area (Å²) in [6.45, 7) is 5.38. The third-order valence-electron chi connectivity index (χ3n) is 7.34. The van der Waals surface area contributed by atoms with Crippen molar-refractivity contribution in [1.82, 2.24) is 0 Å². The Bertz CT molecular complexity index is 1100. The van der Waals surface area contributed by atoms with Crippen molar-refractivity contribution in [3.05, 3.63) is 72.3 Å². The van der Waals surface area contributed by atoms with E-state index >= 15 is 0 Å². The summed E-state index contributed by atoms with van der Waals surface area (Å²) in [6, 6.07) is 16.6. The molecule has 4 unspecified atom stereocenters. The third-order valence-corrected chi connectivity index (χ3v) is 8.21. The lowest BCUT2D eigenvalue weighted by molar-refractivity contribution is -0.125. The largest absolute Gasteiger partial charge is 0.524 e. The van der Waals surface area contributed by atoms with Gasteiger partial charge in [-0.25, -0.2) is 4.57 Å². The van der Waals surface area contributed by atoms with Gasteiger partial charge in [0.15, 0.2) is 0 Å². The molecule has 2 aromatic rings. The molecule has 0 aliphatic heterocycles. The standard InChI is InChI=1S/C25H28ClO6P/c1-18-24(20-6-5-9-22(12-20)32-33(27,28)29)14-19-13-23(26,16-24)17-25(18,15-19)31-11-10-30-21-7-3-2-4-8-21/h2-9,12,19H,1,10-11,13-17H2,(H2,27,28,29). The molecule has 0 radical (unpaired) electrons. The second-order valence-corrected chi connectivity index (χ2v) is 11.6. The Labute approximate surface area is 198 Å². The number of alkyl halides is 1. The molecule has 8 heteroatoms. The molecule has 6 rings (SSSR count). The van der Waals surface area contributed by atoms with Gasteiger partial charge in [0, 0.05) is 10.3 Å². The minimum atomic E-state index is -4.65. The lowest BCUT2D eigenvalue weighted by atomic mass is 9.44. The van der Waals surface area contributed by atoms with E-state index in [1.165, 1.54) is 0 Å². The average molecular weight is 491 g/mol. The van der Waals surface area contributed by atoms with Crippen LogP contribution in [0.2, 0.25) is 0 Å². The van der Waals surface area contributed by atoms with Crippen LogP contribution in [0.1, 0.15) is 37.7 Å². The van der Waals surface area contributed by atoms with Gasteiger partial charge in [-0.1, -0.05) is 36.9 Å². The molecule has 2 N–H and O–H groups in total. The van der Waals surface area contributed by atoms with E-state index in [9.17, 15) is 14.4 Å². The molecule has 33 heavy (non-hydrogen) atoms. The molecule has 4 saturated carbocycles. The van der Waals surface area contributed by atoms with Gasteiger partial charge in [-0.2, -0.15) is 0 Å². The van der Waals surface area contributed by atoms with Crippen molar-refractivity contribution in [2.75, 3.05) is 13.2 Å². The van der Waals surface area contributed by atoms with Crippen LogP contribution in [0.3, 0.4) is 0 Å². The maximum absolute atomic E-state index is 11.4. The molecular formula is C25H28ClO6P. The van der Waals surface area contributed by atoms with Gasteiger partial charge < -0.3 is 14.0 Å². The van der Waals surface area contributed by atoms with Gasteiger partial charge in [-0.15, -0.1) is 11.6 Å². The molecule has 4 bridgehead atoms. The molecule has 176 valence electrons. The van der Waals surface area contributed by atoms with Crippen LogP contribution in [0.4, 0.5) is 0 Å². The SMILES string of the molecule is C=C1C2(OCCOc3ccccc3)CC3CC(Cl)(C2)CC1(c1cccc(OP(=O)(O)O)c1)C3. The molecule has 2 aromatic carbocycles. The molecule has 0 amide bonds. The van der Waals surface area contributed by atoms with Crippen molar-refractivity contribution in [2.24, 2.45) is 5.92 Å². The Morgan fingerprint density at radius 3 is 2.48 bits per heavy atom. The number of phosphoric ester groups is 1. The third kappa shape index (κ3) is 4.36. The van der Waals surface area contributed by atoms with Crippen LogP contribution in [-0.2, 0) is 14.7 Å². The van der Waals surface area contributed by atoms with Gasteiger partial charge in [0.05, 0.1) is 12.2 Å². The van der Waals surface area contributed by atoms with Crippen molar-refractivity contribution in [2.45, 2.75) is 48.0 Å². The van der Waals surface area contributed by atoms with Crippen LogP contribution in [0.25, 0.3) is 0 Å². The van der Waals surface area contributed by atoms with Crippen molar-refractivity contribution in [1.29, 1.82) is 0 Å². The minimum Gasteiger partial charge on any atom is -0.491 e. The number of phosphoric acid groups is 1. The van der Waals surface area contributed by atoms with Crippen molar-refractivity contribution < 1.29 is 28.3 Å². The first kappa shape index (κ1) is 22.9. The lowest BCUT2D eigenvalue weighted by Gasteiger charge is -2.66. The highest BCUT2D eigenvalue weighted by molar-refractivity contribution is 7.46. The molecule has 0 aromatic heterocycles. The normalized spacial score (nSPS) is 32.7. The quantitative estimate of drug-likeness (QED) is 0.224. The topological polar surface area (TPSA) is 85.2 Å². The molecule has 0 spiro atoms. The van der Waals surface area contributed by atoms with E-state index in [0.29, 0.717) is 25.6 Å². The van der Waals surface area contributed by atoms with Gasteiger partial charge in [0.25, 0.3) is 0 Å². The van der Waals surface area contributed by atoms with Crippen LogP contribution in [0.5, 0.6) is 11.5 Å². The summed E-state index contributed by atoms with van der Waals surface area (Å²) in [6.07, 6.45) is 4.15. The van der Waals surface area contributed by atoms with Gasteiger partial charge in [0.2, 0.25) is 0 Å². The summed E-state index contributed by atoms with van der Waals surface area (Å²) < 4.78 is 28.6. The molecule has 4 aliphatic rings. The monoisotopic (exact) mass is 490 g/mol. The Kier molecular flexibility index (Phi) is 5.66. The summed E-state index contributed by atoms with van der Waals surface area (Å²) in [4.78, 5) is 18.1. The zero-order valence-corrected chi connectivity index (χ0v) is 19.9. The number of hydrogen-bond donors (Lipinski definition) is 2. The summed E-state index contributed by atoms with van der Waals surface area (Å²) >= 11 is 7.17. The van der Waals surface area contributed by atoms with E-state index < -0.39 is 23.7 Å². The first-order valence-electron chi connectivity index (χ1n) is 11.2. The Morgan fingerprint density at radius 1 is 1.00 bits per heavy atom. The highest BCUT2D eigenvalue weighted by Crippen LogP contribution is 2.68. The molecular weight excluding hydrogens is 463 g/mol. The Morgan fingerprint density at radius 2 is 1.76 bits per heavy atom. The summed E-state index contributed by atoms with van der Waals surface area (Å²) in [5, 5.41) is 0. The fourth-order valence-electron chi connectivity index (χ4n) is 6.48. The Hall–Kier alpha value is -1.82. The van der Waals surface area contributed by atoms with Crippen LogP contribution in [0, 0.1) is 5.92 Å². The van der Waals surface area contributed by atoms with Crippen molar-refractivity contribution in [3.63, 3.8) is 0 Å². The lowest BCUT2D eigenvalue weighted by Crippen LogP contribution is -2.65. The number of para-hydroxylation sites is 1. The first-order valence-corrected chi connectivity index (χ1v) is 13.1. The van der Waals surface area contributed by atoms with E-state index in [1.807, 2.05) is 36.4 Å². The van der Waals surface area contributed by atoms with Gasteiger partial charge in [0.1, 0.15) is 18.1 Å². The molecule has 4 atom stereocenters. The fourth-order valence-corrected chi connectivity index (χ4v) is 7.54. The van der Waals surface area contributed by atoms with Crippen LogP contribution < -0.4 is 9.26 Å². The van der Waals surface area contributed by atoms with Gasteiger partial charge >= 0.3 is 7.82 Å². The van der Waals surface area contributed by atoms with Crippen LogP contribution in [0.15, 0.2) is 66.7 Å². The number of rotatable bonds is 8. The Balaban J connectivity index is 1.40. The second kappa shape index (κ2) is 8.14. The number of halogens is 1. The van der Waals surface area contributed by atoms with Crippen LogP contribution >= 0.6 is 19.4 Å². The predicted molar refractivity (Wildman–Crippen MR) is 126 cm³/mol. The van der Waals surface area contributed by atoms with E-state index in [1.54, 1.807) is 18.2 Å². The highest BCUT2D eigenvalue weighted by Gasteiger charge is 2.66. The van der Waals surface area contributed by atoms with Gasteiger partial charge in [-0.05, 0) is 73.4 Å². The first-order chi connectivity index (χ1) is 15.6. The zero-order chi connectivity index (χ0) is 23.3. The summed E-state index contributed by atoms with van der Waals surface area (Å²) in [7, 11) is -4.65. The maximum atomic E-state index is 11.4. The van der Waals surface area contributed by atoms with E-state index in [4.69, 9.17) is 25.6 Å². The smallest absolute Gasteiger partial charge is 0.491 e. The molecule has 0 heterocycles. The van der Waals surface area contributed by atoms with E-state index in [0.717, 1.165) is 42.6 Å². The van der Waals surface area contributed by atoms with Gasteiger partial charge in [-0.3, -0.25) is 9.79 Å². The number of ether oxygens (including phenoxy) is 2. The number of benzene rings is 2. The number of hydrogen-bond acceptors (Lipinski definition) is 4. The van der Waals surface area contributed by atoms with Crippen LogP contribution in [-0.4, -0.2) is 33.5 Å². The maximum Gasteiger partial charge on any atom is 0.524 e. The zero-order valence-electron chi connectivity index (χ0n) is 18.3. The average Bonchev–Trinajstić information content (AvgIpc) is 2.74. The molecule has 0 saturated heterocycles. The van der Waals surface area contributed by atoms with E-state index in [-0.39, 0.29) is 5.75 Å². The molecule has 4 fully saturated rings. The predicted octanol–water partition coefficient (Wildman–Crippen LogP) is 5.37.